The smallest absolute Gasteiger partial charge is 0.239 e. The monoisotopic (exact) mass is 293 g/mol. The summed E-state index contributed by atoms with van der Waals surface area (Å²) in [6.45, 7) is 14.1. The molecule has 0 spiro atoms. The van der Waals surface area contributed by atoms with Crippen molar-refractivity contribution in [3.05, 3.63) is 0 Å². The standard InChI is InChI=1S/C14H31N3O.ClH/c1-7-8-14(6,15)13(18)16-9-10-17(11(2)3)12(4)5;/h11-12H,7-10,15H2,1-6H3,(H,16,18);1H. The lowest BCUT2D eigenvalue weighted by molar-refractivity contribution is -0.126. The molecule has 5 heteroatoms. The Bertz CT molecular complexity index is 247. The minimum absolute atomic E-state index is 0. The van der Waals surface area contributed by atoms with Gasteiger partial charge in [0.15, 0.2) is 0 Å². The highest BCUT2D eigenvalue weighted by Gasteiger charge is 2.26. The summed E-state index contributed by atoms with van der Waals surface area (Å²) in [5.41, 5.74) is 5.24. The third-order valence-electron chi connectivity index (χ3n) is 3.27. The third-order valence-corrected chi connectivity index (χ3v) is 3.27. The van der Waals surface area contributed by atoms with Crippen LogP contribution in [-0.4, -0.2) is 41.5 Å². The van der Waals surface area contributed by atoms with E-state index in [9.17, 15) is 4.79 Å². The van der Waals surface area contributed by atoms with Crippen LogP contribution in [0.15, 0.2) is 0 Å². The first-order chi connectivity index (χ1) is 8.22. The van der Waals surface area contributed by atoms with Gasteiger partial charge >= 0.3 is 0 Å². The molecular formula is C14H32ClN3O. The van der Waals surface area contributed by atoms with Crippen LogP contribution in [0.3, 0.4) is 0 Å². The molecule has 4 nitrogen and oxygen atoms in total. The van der Waals surface area contributed by atoms with E-state index in [4.69, 9.17) is 5.73 Å². The number of hydrogen-bond acceptors (Lipinski definition) is 3. The number of carbonyl (C=O) groups excluding carboxylic acids is 1. The fourth-order valence-electron chi connectivity index (χ4n) is 2.25. The fourth-order valence-corrected chi connectivity index (χ4v) is 2.25. The van der Waals surface area contributed by atoms with E-state index in [1.54, 1.807) is 6.92 Å². The molecule has 0 heterocycles. The number of hydrogen-bond donors (Lipinski definition) is 2. The minimum Gasteiger partial charge on any atom is -0.353 e. The molecule has 1 atom stereocenters. The highest BCUT2D eigenvalue weighted by molar-refractivity contribution is 5.85. The van der Waals surface area contributed by atoms with Crippen molar-refractivity contribution in [3.63, 3.8) is 0 Å². The van der Waals surface area contributed by atoms with Gasteiger partial charge in [-0.05, 0) is 41.0 Å². The number of nitrogens with one attached hydrogen (secondary N) is 1. The van der Waals surface area contributed by atoms with E-state index >= 15 is 0 Å². The van der Waals surface area contributed by atoms with Crippen LogP contribution < -0.4 is 11.1 Å². The fraction of sp³-hybridized carbons (Fsp3) is 0.929. The average Bonchev–Trinajstić information content (AvgIpc) is 2.22. The molecule has 116 valence electrons. The molecule has 0 fully saturated rings. The SMILES string of the molecule is CCCC(C)(N)C(=O)NCCN(C(C)C)C(C)C.Cl. The summed E-state index contributed by atoms with van der Waals surface area (Å²) >= 11 is 0. The van der Waals surface area contributed by atoms with Crippen LogP contribution in [0.25, 0.3) is 0 Å². The Morgan fingerprint density at radius 3 is 2.11 bits per heavy atom. The number of carbonyl (C=O) groups is 1. The molecule has 19 heavy (non-hydrogen) atoms. The van der Waals surface area contributed by atoms with Gasteiger partial charge in [0.1, 0.15) is 0 Å². The summed E-state index contributed by atoms with van der Waals surface area (Å²) in [5.74, 6) is -0.0446. The molecule has 1 amide bonds. The van der Waals surface area contributed by atoms with E-state index in [2.05, 4.69) is 37.9 Å². The molecule has 0 saturated carbocycles. The molecule has 0 aromatic carbocycles. The average molecular weight is 294 g/mol. The summed E-state index contributed by atoms with van der Waals surface area (Å²) in [7, 11) is 0. The van der Waals surface area contributed by atoms with Crippen LogP contribution in [0.2, 0.25) is 0 Å². The Morgan fingerprint density at radius 2 is 1.74 bits per heavy atom. The van der Waals surface area contributed by atoms with Gasteiger partial charge in [-0.15, -0.1) is 12.4 Å². The lowest BCUT2D eigenvalue weighted by Gasteiger charge is -2.31. The Labute approximate surface area is 124 Å². The van der Waals surface area contributed by atoms with Crippen molar-refractivity contribution >= 4 is 18.3 Å². The first-order valence-corrected chi connectivity index (χ1v) is 7.05. The highest BCUT2D eigenvalue weighted by atomic mass is 35.5. The first-order valence-electron chi connectivity index (χ1n) is 7.05. The van der Waals surface area contributed by atoms with Crippen LogP contribution in [0, 0.1) is 0 Å². The maximum absolute atomic E-state index is 11.9. The van der Waals surface area contributed by atoms with Crippen LogP contribution in [0.5, 0.6) is 0 Å². The van der Waals surface area contributed by atoms with Crippen molar-refractivity contribution in [2.75, 3.05) is 13.1 Å². The van der Waals surface area contributed by atoms with E-state index in [1.807, 2.05) is 6.92 Å². The van der Waals surface area contributed by atoms with E-state index < -0.39 is 5.54 Å². The molecule has 0 aliphatic rings. The number of nitrogens with two attached hydrogens (primary N) is 1. The summed E-state index contributed by atoms with van der Waals surface area (Å²) < 4.78 is 0. The second-order valence-electron chi connectivity index (χ2n) is 5.85. The third kappa shape index (κ3) is 7.75. The molecule has 0 aromatic heterocycles. The van der Waals surface area contributed by atoms with Crippen molar-refractivity contribution < 1.29 is 4.79 Å². The summed E-state index contributed by atoms with van der Waals surface area (Å²) in [4.78, 5) is 14.3. The Kier molecular flexibility index (Phi) is 10.6. The molecule has 0 bridgehead atoms. The van der Waals surface area contributed by atoms with Crippen molar-refractivity contribution in [2.45, 2.75) is 72.0 Å². The number of halogens is 1. The normalized spacial score (nSPS) is 14.4. The number of amides is 1. The predicted octanol–water partition coefficient (Wildman–Crippen LogP) is 2.16. The Hall–Kier alpha value is -0.320. The molecule has 0 saturated heterocycles. The quantitative estimate of drug-likeness (QED) is 0.721. The van der Waals surface area contributed by atoms with Crippen molar-refractivity contribution in [2.24, 2.45) is 5.73 Å². The topological polar surface area (TPSA) is 58.4 Å². The molecule has 0 aliphatic carbocycles. The molecule has 3 N–H and O–H groups in total. The van der Waals surface area contributed by atoms with Crippen molar-refractivity contribution in [1.82, 2.24) is 10.2 Å². The lowest BCUT2D eigenvalue weighted by atomic mass is 9.96. The summed E-state index contributed by atoms with van der Waals surface area (Å²) in [5, 5.41) is 2.94. The van der Waals surface area contributed by atoms with Crippen LogP contribution in [-0.2, 0) is 4.79 Å². The molecule has 0 rings (SSSR count). The van der Waals surface area contributed by atoms with E-state index in [-0.39, 0.29) is 18.3 Å². The molecule has 0 aromatic rings. The maximum Gasteiger partial charge on any atom is 0.239 e. The first kappa shape index (κ1) is 21.0. The summed E-state index contributed by atoms with van der Waals surface area (Å²) in [6, 6.07) is 0.976. The Morgan fingerprint density at radius 1 is 1.26 bits per heavy atom. The minimum atomic E-state index is -0.741. The number of rotatable bonds is 8. The van der Waals surface area contributed by atoms with Crippen LogP contribution >= 0.6 is 12.4 Å². The van der Waals surface area contributed by atoms with E-state index in [0.717, 1.165) is 19.4 Å². The second kappa shape index (κ2) is 9.56. The van der Waals surface area contributed by atoms with E-state index in [1.165, 1.54) is 0 Å². The van der Waals surface area contributed by atoms with Gasteiger partial charge in [-0.25, -0.2) is 0 Å². The molecule has 0 aliphatic heterocycles. The molecule has 1 unspecified atom stereocenters. The van der Waals surface area contributed by atoms with Gasteiger partial charge in [0.2, 0.25) is 5.91 Å². The van der Waals surface area contributed by atoms with Crippen molar-refractivity contribution in [3.8, 4) is 0 Å². The van der Waals surface area contributed by atoms with Crippen LogP contribution in [0.1, 0.15) is 54.4 Å². The van der Waals surface area contributed by atoms with Gasteiger partial charge in [-0.1, -0.05) is 13.3 Å². The zero-order valence-electron chi connectivity index (χ0n) is 13.3. The lowest BCUT2D eigenvalue weighted by Crippen LogP contribution is -2.53. The van der Waals surface area contributed by atoms with Crippen LogP contribution in [0.4, 0.5) is 0 Å². The summed E-state index contributed by atoms with van der Waals surface area (Å²) in [6.07, 6.45) is 1.64. The molecule has 0 radical (unpaired) electrons. The van der Waals surface area contributed by atoms with Gasteiger partial charge in [0, 0.05) is 25.2 Å². The zero-order valence-corrected chi connectivity index (χ0v) is 14.1. The van der Waals surface area contributed by atoms with Gasteiger partial charge in [-0.2, -0.15) is 0 Å². The Balaban J connectivity index is 0. The van der Waals surface area contributed by atoms with Gasteiger partial charge < -0.3 is 11.1 Å². The number of nitrogens with zero attached hydrogens (tertiary/aromatic N) is 1. The molecular weight excluding hydrogens is 262 g/mol. The van der Waals surface area contributed by atoms with Gasteiger partial charge in [0.05, 0.1) is 5.54 Å². The van der Waals surface area contributed by atoms with E-state index in [0.29, 0.717) is 18.6 Å². The van der Waals surface area contributed by atoms with Crippen molar-refractivity contribution in [1.29, 1.82) is 0 Å². The zero-order chi connectivity index (χ0) is 14.3. The predicted molar refractivity (Wildman–Crippen MR) is 84.7 cm³/mol. The highest BCUT2D eigenvalue weighted by Crippen LogP contribution is 2.08. The maximum atomic E-state index is 11.9. The second-order valence-corrected chi connectivity index (χ2v) is 5.85. The van der Waals surface area contributed by atoms with Gasteiger partial charge in [0.25, 0.3) is 0 Å². The largest absolute Gasteiger partial charge is 0.353 e. The van der Waals surface area contributed by atoms with Gasteiger partial charge in [-0.3, -0.25) is 9.69 Å².